The predicted octanol–water partition coefficient (Wildman–Crippen LogP) is 0.686. The number of carbonyl (C=O) groups excluding carboxylic acids is 3. The molecule has 0 aromatic heterocycles. The Labute approximate surface area is 164 Å². The van der Waals surface area contributed by atoms with E-state index in [1.807, 2.05) is 42.5 Å². The number of hydrogen-bond acceptors (Lipinski definition) is 4. The fraction of sp³-hybridized carbons (Fsp3) is 0.381. The normalized spacial score (nSPS) is 15.6. The monoisotopic (exact) mass is 382 g/mol. The van der Waals surface area contributed by atoms with E-state index in [1.165, 1.54) is 0 Å². The number of carbonyl (C=O) groups is 3. The molecule has 1 aliphatic heterocycles. The van der Waals surface area contributed by atoms with Crippen LogP contribution in [0.3, 0.4) is 0 Å². The molecule has 0 saturated carbocycles. The Hall–Kier alpha value is -2.93. The Morgan fingerprint density at radius 3 is 2.64 bits per heavy atom. The van der Waals surface area contributed by atoms with Gasteiger partial charge in [-0.1, -0.05) is 42.5 Å². The molecule has 1 atom stereocenters. The molecule has 3 rings (SSSR count). The number of benzene rings is 2. The van der Waals surface area contributed by atoms with E-state index < -0.39 is 6.04 Å². The molecule has 148 valence electrons. The molecule has 2 aromatic carbocycles. The fourth-order valence-electron chi connectivity index (χ4n) is 3.58. The maximum Gasteiger partial charge on any atom is 0.244 e. The van der Waals surface area contributed by atoms with Crippen LogP contribution < -0.4 is 21.3 Å². The standard InChI is InChI=1S/C21H26N4O3/c26-14-23-13-24-21(28)19(25-20(27)16-8-10-22-11-9-16)12-17-6-3-5-15-4-1-2-7-18(15)17/h1-7,14,16,19,22H,8-13H2,(H,23,26)(H,24,28)(H,25,27)/t19-/m1/s1. The molecule has 7 heteroatoms. The molecule has 28 heavy (non-hydrogen) atoms. The number of rotatable bonds is 8. The van der Waals surface area contributed by atoms with Crippen LogP contribution in [-0.4, -0.2) is 44.0 Å². The van der Waals surface area contributed by atoms with Gasteiger partial charge in [-0.15, -0.1) is 0 Å². The van der Waals surface area contributed by atoms with Crippen molar-refractivity contribution in [3.05, 3.63) is 48.0 Å². The highest BCUT2D eigenvalue weighted by molar-refractivity contribution is 5.90. The number of piperidine rings is 1. The third-order valence-corrected chi connectivity index (χ3v) is 5.09. The van der Waals surface area contributed by atoms with Gasteiger partial charge in [0.2, 0.25) is 18.2 Å². The minimum atomic E-state index is -0.707. The van der Waals surface area contributed by atoms with Crippen molar-refractivity contribution in [3.63, 3.8) is 0 Å². The van der Waals surface area contributed by atoms with Gasteiger partial charge in [0.1, 0.15) is 6.04 Å². The second kappa shape index (κ2) is 9.85. The highest BCUT2D eigenvalue weighted by Crippen LogP contribution is 2.20. The molecular weight excluding hydrogens is 356 g/mol. The molecule has 7 nitrogen and oxygen atoms in total. The zero-order chi connectivity index (χ0) is 19.8. The van der Waals surface area contributed by atoms with Crippen LogP contribution in [-0.2, 0) is 20.8 Å². The van der Waals surface area contributed by atoms with E-state index in [-0.39, 0.29) is 24.4 Å². The van der Waals surface area contributed by atoms with E-state index in [0.717, 1.165) is 42.3 Å². The Kier molecular flexibility index (Phi) is 6.97. The number of hydrogen-bond donors (Lipinski definition) is 4. The number of fused-ring (bicyclic) bond motifs is 1. The summed E-state index contributed by atoms with van der Waals surface area (Å²) in [7, 11) is 0. The highest BCUT2D eigenvalue weighted by atomic mass is 16.2. The van der Waals surface area contributed by atoms with E-state index in [1.54, 1.807) is 0 Å². The zero-order valence-electron chi connectivity index (χ0n) is 15.7. The number of nitrogens with one attached hydrogen (secondary N) is 4. The lowest BCUT2D eigenvalue weighted by molar-refractivity contribution is -0.131. The Balaban J connectivity index is 1.77. The van der Waals surface area contributed by atoms with Gasteiger partial charge in [0, 0.05) is 12.3 Å². The van der Waals surface area contributed by atoms with Crippen molar-refractivity contribution in [1.82, 2.24) is 21.3 Å². The van der Waals surface area contributed by atoms with Gasteiger partial charge in [-0.3, -0.25) is 14.4 Å². The van der Waals surface area contributed by atoms with E-state index in [9.17, 15) is 14.4 Å². The zero-order valence-corrected chi connectivity index (χ0v) is 15.7. The van der Waals surface area contributed by atoms with Crippen molar-refractivity contribution < 1.29 is 14.4 Å². The average Bonchev–Trinajstić information content (AvgIpc) is 2.74. The van der Waals surface area contributed by atoms with Crippen molar-refractivity contribution in [1.29, 1.82) is 0 Å². The summed E-state index contributed by atoms with van der Waals surface area (Å²) < 4.78 is 0. The maximum absolute atomic E-state index is 12.7. The molecule has 0 spiro atoms. The molecular formula is C21H26N4O3. The molecule has 0 radical (unpaired) electrons. The van der Waals surface area contributed by atoms with Crippen LogP contribution in [0.1, 0.15) is 18.4 Å². The van der Waals surface area contributed by atoms with Crippen molar-refractivity contribution in [2.75, 3.05) is 19.8 Å². The smallest absolute Gasteiger partial charge is 0.244 e. The summed E-state index contributed by atoms with van der Waals surface area (Å²) >= 11 is 0. The van der Waals surface area contributed by atoms with Crippen LogP contribution in [0.15, 0.2) is 42.5 Å². The number of amides is 3. The van der Waals surface area contributed by atoms with Crippen molar-refractivity contribution in [3.8, 4) is 0 Å². The molecule has 0 bridgehead atoms. The van der Waals surface area contributed by atoms with Gasteiger partial charge in [0.25, 0.3) is 0 Å². The van der Waals surface area contributed by atoms with E-state index in [4.69, 9.17) is 0 Å². The van der Waals surface area contributed by atoms with Crippen molar-refractivity contribution in [2.24, 2.45) is 5.92 Å². The Morgan fingerprint density at radius 1 is 1.11 bits per heavy atom. The minimum Gasteiger partial charge on any atom is -0.344 e. The lowest BCUT2D eigenvalue weighted by Gasteiger charge is -2.25. The van der Waals surface area contributed by atoms with Crippen LogP contribution in [0, 0.1) is 5.92 Å². The Morgan fingerprint density at radius 2 is 1.86 bits per heavy atom. The van der Waals surface area contributed by atoms with Crippen LogP contribution in [0.5, 0.6) is 0 Å². The summed E-state index contributed by atoms with van der Waals surface area (Å²) in [6, 6.07) is 13.2. The van der Waals surface area contributed by atoms with Crippen molar-refractivity contribution in [2.45, 2.75) is 25.3 Å². The third kappa shape index (κ3) is 5.07. The van der Waals surface area contributed by atoms with E-state index in [0.29, 0.717) is 12.8 Å². The average molecular weight is 382 g/mol. The van der Waals surface area contributed by atoms with Gasteiger partial charge in [-0.25, -0.2) is 0 Å². The first-order valence-corrected chi connectivity index (χ1v) is 9.61. The SMILES string of the molecule is O=CNCNC(=O)[C@@H](Cc1cccc2ccccc12)NC(=O)C1CCNCC1. The van der Waals surface area contributed by atoms with Crippen LogP contribution in [0.25, 0.3) is 10.8 Å². The quantitative estimate of drug-likeness (QED) is 0.307. The largest absolute Gasteiger partial charge is 0.344 e. The summed E-state index contributed by atoms with van der Waals surface area (Å²) in [5, 5.41) is 13.4. The molecule has 4 N–H and O–H groups in total. The molecule has 0 unspecified atom stereocenters. The summed E-state index contributed by atoms with van der Waals surface area (Å²) in [4.78, 5) is 35.8. The summed E-state index contributed by atoms with van der Waals surface area (Å²) in [6.45, 7) is 1.64. The van der Waals surface area contributed by atoms with E-state index in [2.05, 4.69) is 21.3 Å². The maximum atomic E-state index is 12.7. The molecule has 2 aromatic rings. The topological polar surface area (TPSA) is 99.3 Å². The lowest BCUT2D eigenvalue weighted by Crippen LogP contribution is -2.52. The highest BCUT2D eigenvalue weighted by Gasteiger charge is 2.27. The Bertz CT molecular complexity index is 828. The first kappa shape index (κ1) is 19.8. The van der Waals surface area contributed by atoms with Gasteiger partial charge in [-0.05, 0) is 42.3 Å². The van der Waals surface area contributed by atoms with Crippen molar-refractivity contribution >= 4 is 29.0 Å². The van der Waals surface area contributed by atoms with E-state index >= 15 is 0 Å². The van der Waals surface area contributed by atoms with Gasteiger partial charge < -0.3 is 21.3 Å². The molecule has 0 aliphatic carbocycles. The predicted molar refractivity (Wildman–Crippen MR) is 107 cm³/mol. The molecule has 1 saturated heterocycles. The fourth-order valence-corrected chi connectivity index (χ4v) is 3.58. The van der Waals surface area contributed by atoms with Crippen LogP contribution in [0.4, 0.5) is 0 Å². The second-order valence-corrected chi connectivity index (χ2v) is 6.97. The van der Waals surface area contributed by atoms with Gasteiger partial charge in [0.15, 0.2) is 0 Å². The molecule has 1 heterocycles. The third-order valence-electron chi connectivity index (χ3n) is 5.09. The summed E-state index contributed by atoms with van der Waals surface area (Å²) in [5.41, 5.74) is 0.993. The molecule has 1 fully saturated rings. The van der Waals surface area contributed by atoms with Crippen LogP contribution in [0.2, 0.25) is 0 Å². The van der Waals surface area contributed by atoms with Gasteiger partial charge in [0.05, 0.1) is 6.67 Å². The summed E-state index contributed by atoms with van der Waals surface area (Å²) in [6.07, 6.45) is 2.43. The first-order valence-electron chi connectivity index (χ1n) is 9.61. The lowest BCUT2D eigenvalue weighted by atomic mass is 9.95. The second-order valence-electron chi connectivity index (χ2n) is 6.97. The summed E-state index contributed by atoms with van der Waals surface area (Å²) in [5.74, 6) is -0.494. The van der Waals surface area contributed by atoms with Crippen LogP contribution >= 0.6 is 0 Å². The molecule has 3 amide bonds. The first-order chi connectivity index (χ1) is 13.7. The minimum absolute atomic E-state index is 0.0254. The molecule has 1 aliphatic rings. The van der Waals surface area contributed by atoms with Gasteiger partial charge >= 0.3 is 0 Å². The van der Waals surface area contributed by atoms with Gasteiger partial charge in [-0.2, -0.15) is 0 Å².